The lowest BCUT2D eigenvalue weighted by Crippen LogP contribution is -2.10. The largest absolute Gasteiger partial charge is 0.505 e. The molecule has 0 aliphatic carbocycles. The molecule has 3 aromatic carbocycles. The Hall–Kier alpha value is -4.10. The van der Waals surface area contributed by atoms with Gasteiger partial charge in [0, 0.05) is 48.0 Å². The van der Waals surface area contributed by atoms with Gasteiger partial charge in [0.2, 0.25) is 0 Å². The highest BCUT2D eigenvalue weighted by Gasteiger charge is 2.17. The average Bonchev–Trinajstić information content (AvgIpc) is 2.93. The van der Waals surface area contributed by atoms with Gasteiger partial charge in [-0.25, -0.2) is 0 Å². The maximum atomic E-state index is 11.0. The van der Waals surface area contributed by atoms with Crippen molar-refractivity contribution in [1.29, 1.82) is 0 Å². The number of hydrogen-bond donors (Lipinski definition) is 1. The number of benzene rings is 3. The lowest BCUT2D eigenvalue weighted by atomic mass is 10.1. The van der Waals surface area contributed by atoms with Gasteiger partial charge in [0.05, 0.1) is 34.9 Å². The van der Waals surface area contributed by atoms with E-state index in [9.17, 15) is 15.2 Å². The predicted molar refractivity (Wildman–Crippen MR) is 159 cm³/mol. The molecule has 0 fully saturated rings. The summed E-state index contributed by atoms with van der Waals surface area (Å²) in [4.78, 5) is 16.7. The van der Waals surface area contributed by atoms with Crippen molar-refractivity contribution in [3.8, 4) is 17.2 Å². The molecule has 214 valence electrons. The molecular weight excluding hydrogens is 597 g/mol. The van der Waals surface area contributed by atoms with Crippen LogP contribution in [0.15, 0.2) is 69.1 Å². The predicted octanol–water partition coefficient (Wildman–Crippen LogP) is 8.49. The molecule has 0 saturated heterocycles. The van der Waals surface area contributed by atoms with E-state index in [4.69, 9.17) is 32.7 Å². The van der Waals surface area contributed by atoms with Crippen LogP contribution in [0.25, 0.3) is 10.9 Å². The van der Waals surface area contributed by atoms with Gasteiger partial charge in [-0.3, -0.25) is 15.1 Å². The van der Waals surface area contributed by atoms with E-state index >= 15 is 0 Å². The third-order valence-corrected chi connectivity index (χ3v) is 6.20. The fraction of sp³-hybridized carbons (Fsp3) is 0.192. The first-order valence-corrected chi connectivity index (χ1v) is 12.4. The standard InChI is InChI=1S/C26H23Cl2N7O5.ClH/c1-34(2)13-14-8-19(16-6-5-7-29-24(16)26(14)36)30-31-20-11-23(40-4)21(12-22(20)39-3)32-33-25-17(27)9-15(35(37)38)10-18(25)28;/h5-12,36H,13H2,1-4H3;1H. The van der Waals surface area contributed by atoms with E-state index in [1.54, 1.807) is 30.5 Å². The van der Waals surface area contributed by atoms with Crippen LogP contribution in [0.1, 0.15) is 5.56 Å². The van der Waals surface area contributed by atoms with Gasteiger partial charge in [-0.15, -0.1) is 32.9 Å². The van der Waals surface area contributed by atoms with Crippen molar-refractivity contribution in [3.63, 3.8) is 0 Å². The first-order valence-electron chi connectivity index (χ1n) is 11.6. The molecule has 0 saturated carbocycles. The third-order valence-electron chi connectivity index (χ3n) is 5.63. The van der Waals surface area contributed by atoms with E-state index in [1.807, 2.05) is 19.0 Å². The number of fused-ring (bicyclic) bond motifs is 1. The Morgan fingerprint density at radius 1 is 0.951 bits per heavy atom. The summed E-state index contributed by atoms with van der Waals surface area (Å²) in [6.07, 6.45) is 1.60. The number of aromatic hydroxyl groups is 1. The molecule has 0 atom stereocenters. The topological polar surface area (TPSA) is 147 Å². The number of phenolic OH excluding ortho intramolecular Hbond substituents is 1. The summed E-state index contributed by atoms with van der Waals surface area (Å²) in [6.45, 7) is 0.473. The minimum Gasteiger partial charge on any atom is -0.505 e. The first kappa shape index (κ1) is 31.4. The molecule has 0 aliphatic heterocycles. The number of aromatic nitrogens is 1. The van der Waals surface area contributed by atoms with Crippen LogP contribution in [0, 0.1) is 10.1 Å². The minimum atomic E-state index is -0.611. The summed E-state index contributed by atoms with van der Waals surface area (Å²) in [5.41, 5.74) is 1.95. The number of nitrogens with zero attached hydrogens (tertiary/aromatic N) is 7. The molecule has 0 aliphatic rings. The van der Waals surface area contributed by atoms with Gasteiger partial charge in [-0.05, 0) is 32.3 Å². The summed E-state index contributed by atoms with van der Waals surface area (Å²) in [5.74, 6) is 0.692. The number of nitro benzene ring substituents is 1. The van der Waals surface area contributed by atoms with E-state index in [0.29, 0.717) is 40.1 Å². The molecule has 1 N–H and O–H groups in total. The van der Waals surface area contributed by atoms with Crippen LogP contribution < -0.4 is 9.47 Å². The Morgan fingerprint density at radius 2 is 1.51 bits per heavy atom. The molecular formula is C26H24Cl3N7O5. The number of nitro groups is 1. The molecule has 4 rings (SSSR count). The number of pyridine rings is 1. The minimum absolute atomic E-state index is 0. The maximum Gasteiger partial charge on any atom is 0.272 e. The van der Waals surface area contributed by atoms with E-state index in [1.165, 1.54) is 20.3 Å². The average molecular weight is 621 g/mol. The van der Waals surface area contributed by atoms with Crippen molar-refractivity contribution >= 4 is 74.9 Å². The number of azo groups is 2. The fourth-order valence-electron chi connectivity index (χ4n) is 3.79. The van der Waals surface area contributed by atoms with E-state index in [0.717, 1.165) is 12.1 Å². The zero-order valence-corrected chi connectivity index (χ0v) is 24.5. The van der Waals surface area contributed by atoms with Crippen LogP contribution in [0.5, 0.6) is 17.2 Å². The van der Waals surface area contributed by atoms with Gasteiger partial charge < -0.3 is 19.5 Å². The Kier molecular flexibility index (Phi) is 10.4. The fourth-order valence-corrected chi connectivity index (χ4v) is 4.35. The highest BCUT2D eigenvalue weighted by atomic mass is 35.5. The highest BCUT2D eigenvalue weighted by Crippen LogP contribution is 2.43. The van der Waals surface area contributed by atoms with Gasteiger partial charge >= 0.3 is 0 Å². The summed E-state index contributed by atoms with van der Waals surface area (Å²) in [5, 5.41) is 39.4. The summed E-state index contributed by atoms with van der Waals surface area (Å²) in [6, 6.07) is 10.7. The van der Waals surface area contributed by atoms with Gasteiger partial charge in [0.15, 0.2) is 0 Å². The number of phenols is 1. The molecule has 12 nitrogen and oxygen atoms in total. The van der Waals surface area contributed by atoms with Gasteiger partial charge in [0.25, 0.3) is 5.69 Å². The van der Waals surface area contributed by atoms with Crippen molar-refractivity contribution in [2.45, 2.75) is 6.54 Å². The number of ether oxygens (including phenoxy) is 2. The number of hydrogen-bond acceptors (Lipinski definition) is 11. The molecule has 1 aromatic heterocycles. The van der Waals surface area contributed by atoms with Crippen LogP contribution in [-0.2, 0) is 6.54 Å². The molecule has 0 bridgehead atoms. The van der Waals surface area contributed by atoms with Crippen molar-refractivity contribution in [2.24, 2.45) is 20.5 Å². The number of non-ortho nitro benzene ring substituents is 1. The Bertz CT molecular complexity index is 1640. The van der Waals surface area contributed by atoms with Crippen LogP contribution in [0.3, 0.4) is 0 Å². The lowest BCUT2D eigenvalue weighted by molar-refractivity contribution is -0.384. The number of rotatable bonds is 9. The summed E-state index contributed by atoms with van der Waals surface area (Å²) < 4.78 is 11.0. The Balaban J connectivity index is 0.00000462. The first-order chi connectivity index (χ1) is 19.1. The molecule has 0 radical (unpaired) electrons. The van der Waals surface area contributed by atoms with Gasteiger partial charge in [-0.1, -0.05) is 23.2 Å². The lowest BCUT2D eigenvalue weighted by Gasteiger charge is -2.14. The second kappa shape index (κ2) is 13.5. The normalized spacial score (nSPS) is 11.4. The number of halogens is 3. The summed E-state index contributed by atoms with van der Waals surface area (Å²) in [7, 11) is 6.69. The molecule has 1 heterocycles. The van der Waals surface area contributed by atoms with Crippen molar-refractivity contribution < 1.29 is 19.5 Å². The van der Waals surface area contributed by atoms with E-state index < -0.39 is 4.92 Å². The number of methoxy groups -OCH3 is 2. The monoisotopic (exact) mass is 619 g/mol. The van der Waals surface area contributed by atoms with Crippen LogP contribution >= 0.6 is 35.6 Å². The Morgan fingerprint density at radius 3 is 2.05 bits per heavy atom. The summed E-state index contributed by atoms with van der Waals surface area (Å²) >= 11 is 12.3. The second-order valence-electron chi connectivity index (χ2n) is 8.65. The Labute approximate surface area is 250 Å². The highest BCUT2D eigenvalue weighted by molar-refractivity contribution is 6.39. The molecule has 0 unspecified atom stereocenters. The molecule has 4 aromatic rings. The van der Waals surface area contributed by atoms with Crippen LogP contribution in [-0.4, -0.2) is 48.2 Å². The molecule has 0 spiro atoms. The van der Waals surface area contributed by atoms with E-state index in [2.05, 4.69) is 25.4 Å². The zero-order valence-electron chi connectivity index (χ0n) is 22.2. The van der Waals surface area contributed by atoms with Crippen molar-refractivity contribution in [1.82, 2.24) is 9.88 Å². The van der Waals surface area contributed by atoms with Gasteiger partial charge in [0.1, 0.15) is 39.8 Å². The van der Waals surface area contributed by atoms with Crippen molar-refractivity contribution in [2.75, 3.05) is 28.3 Å². The molecule has 41 heavy (non-hydrogen) atoms. The van der Waals surface area contributed by atoms with Gasteiger partial charge in [-0.2, -0.15) is 0 Å². The SMILES string of the molecule is COc1cc(N=Nc2cc(CN(C)C)c(O)c3ncccc23)c(OC)cc1N=Nc1c(Cl)cc([N+](=O)[O-])cc1Cl.Cl. The smallest absolute Gasteiger partial charge is 0.272 e. The van der Waals surface area contributed by atoms with Crippen LogP contribution in [0.4, 0.5) is 28.4 Å². The molecule has 0 amide bonds. The second-order valence-corrected chi connectivity index (χ2v) is 9.47. The zero-order chi connectivity index (χ0) is 29.0. The molecule has 15 heteroatoms. The quantitative estimate of drug-likeness (QED) is 0.112. The van der Waals surface area contributed by atoms with Crippen LogP contribution in [0.2, 0.25) is 10.0 Å². The van der Waals surface area contributed by atoms with Crippen molar-refractivity contribution in [3.05, 3.63) is 74.4 Å². The third kappa shape index (κ3) is 6.98. The van der Waals surface area contributed by atoms with E-state index in [-0.39, 0.29) is 51.0 Å². The maximum absolute atomic E-state index is 11.0.